The largest absolute Gasteiger partial charge is 0.317 e. The average Bonchev–Trinajstić information content (AvgIpc) is 2.68. The van der Waals surface area contributed by atoms with Crippen molar-refractivity contribution < 1.29 is 4.79 Å². The lowest BCUT2D eigenvalue weighted by Crippen LogP contribution is -2.33. The summed E-state index contributed by atoms with van der Waals surface area (Å²) in [6.45, 7) is 16.7. The van der Waals surface area contributed by atoms with Gasteiger partial charge in [0.2, 0.25) is 0 Å². The molecule has 0 amide bonds. The molecule has 1 saturated carbocycles. The lowest BCUT2D eigenvalue weighted by Gasteiger charge is -2.33. The molecule has 25 heavy (non-hydrogen) atoms. The van der Waals surface area contributed by atoms with Gasteiger partial charge in [-0.1, -0.05) is 61.5 Å². The van der Waals surface area contributed by atoms with E-state index < -0.39 is 0 Å². The summed E-state index contributed by atoms with van der Waals surface area (Å²) in [5.41, 5.74) is 1.58. The highest BCUT2D eigenvalue weighted by Crippen LogP contribution is 2.34. The van der Waals surface area contributed by atoms with E-state index in [-0.39, 0.29) is 0 Å². The normalized spacial score (nSPS) is 14.6. The Kier molecular flexibility index (Phi) is 23.8. The number of aldehydes is 1. The van der Waals surface area contributed by atoms with Crippen LogP contribution in [0.5, 0.6) is 0 Å². The first kappa shape index (κ1) is 28.6. The van der Waals surface area contributed by atoms with E-state index in [4.69, 9.17) is 0 Å². The maximum atomic E-state index is 9.95. The van der Waals surface area contributed by atoms with E-state index in [0.717, 1.165) is 17.9 Å². The fourth-order valence-corrected chi connectivity index (χ4v) is 2.30. The Morgan fingerprint density at radius 2 is 1.64 bits per heavy atom. The number of pyridine rings is 1. The highest BCUT2D eigenvalue weighted by Gasteiger charge is 2.25. The van der Waals surface area contributed by atoms with E-state index in [0.29, 0.717) is 11.8 Å². The molecule has 1 aliphatic carbocycles. The smallest absolute Gasteiger partial charge is 0.124 e. The van der Waals surface area contributed by atoms with Crippen molar-refractivity contribution >= 4 is 6.29 Å². The third-order valence-electron chi connectivity index (χ3n) is 3.79. The van der Waals surface area contributed by atoms with Crippen molar-refractivity contribution in [1.82, 2.24) is 10.3 Å². The van der Waals surface area contributed by atoms with Crippen LogP contribution in [-0.2, 0) is 11.2 Å². The minimum atomic E-state index is 0.466. The number of hydrogen-bond acceptors (Lipinski definition) is 3. The Hall–Kier alpha value is -1.22. The molecule has 0 unspecified atom stereocenters. The number of nitrogens with zero attached hydrogens (tertiary/aromatic N) is 1. The third kappa shape index (κ3) is 17.4. The lowest BCUT2D eigenvalue weighted by atomic mass is 9.76. The fourth-order valence-electron chi connectivity index (χ4n) is 2.30. The van der Waals surface area contributed by atoms with E-state index in [1.54, 1.807) is 12.4 Å². The highest BCUT2D eigenvalue weighted by molar-refractivity contribution is 5.54. The van der Waals surface area contributed by atoms with Gasteiger partial charge in [0.25, 0.3) is 0 Å². The Morgan fingerprint density at radius 3 is 2.00 bits per heavy atom. The van der Waals surface area contributed by atoms with Gasteiger partial charge in [0.05, 0.1) is 0 Å². The van der Waals surface area contributed by atoms with Gasteiger partial charge in [-0.15, -0.1) is 0 Å². The molecule has 0 spiro atoms. The minimum Gasteiger partial charge on any atom is -0.317 e. The molecule has 0 saturated heterocycles. The van der Waals surface area contributed by atoms with Crippen molar-refractivity contribution in [3.63, 3.8) is 0 Å². The fraction of sp³-hybridized carbons (Fsp3) is 0.727. The van der Waals surface area contributed by atoms with E-state index in [1.165, 1.54) is 25.7 Å². The molecule has 0 bridgehead atoms. The second-order valence-electron chi connectivity index (χ2n) is 5.96. The molecule has 0 atom stereocenters. The van der Waals surface area contributed by atoms with Crippen LogP contribution < -0.4 is 5.32 Å². The first-order valence-electron chi connectivity index (χ1n) is 10.1. The van der Waals surface area contributed by atoms with Crippen molar-refractivity contribution in [2.45, 2.75) is 93.5 Å². The average molecular weight is 353 g/mol. The van der Waals surface area contributed by atoms with Crippen molar-refractivity contribution in [2.24, 2.45) is 5.41 Å². The number of rotatable bonds is 3. The first-order chi connectivity index (χ1) is 12.1. The molecule has 148 valence electrons. The number of carbonyl (C=O) groups excluding carboxylic acids is 1. The van der Waals surface area contributed by atoms with Crippen LogP contribution in [0.15, 0.2) is 24.5 Å². The maximum absolute atomic E-state index is 9.95. The monoisotopic (exact) mass is 352 g/mol. The Morgan fingerprint density at radius 1 is 1.12 bits per heavy atom. The molecule has 1 fully saturated rings. The van der Waals surface area contributed by atoms with Gasteiger partial charge in [-0.05, 0) is 49.8 Å². The summed E-state index contributed by atoms with van der Waals surface area (Å²) in [7, 11) is 2.07. The van der Waals surface area contributed by atoms with Crippen LogP contribution in [0.2, 0.25) is 0 Å². The standard InChI is InChI=1S/C9H19N.C7H7NO.3C2H6/c1-9(2)6-4-8(10-3)5-7-9;9-5-3-7-2-1-4-8-6-7;3*1-2/h8,10H,4-7H2,1-3H3;1-2,4-6H,3H2;3*1-2H3. The van der Waals surface area contributed by atoms with Gasteiger partial charge in [0.1, 0.15) is 6.29 Å². The van der Waals surface area contributed by atoms with Crippen molar-refractivity contribution in [3.05, 3.63) is 30.1 Å². The first-order valence-corrected chi connectivity index (χ1v) is 10.1. The molecule has 1 aromatic rings. The van der Waals surface area contributed by atoms with Crippen LogP contribution in [0.25, 0.3) is 0 Å². The molecule has 1 aromatic heterocycles. The number of hydrogen-bond donors (Lipinski definition) is 1. The summed E-state index contributed by atoms with van der Waals surface area (Å²) in [5, 5.41) is 3.34. The molecule has 1 N–H and O–H groups in total. The Labute approximate surface area is 158 Å². The van der Waals surface area contributed by atoms with Gasteiger partial charge in [-0.3, -0.25) is 4.98 Å². The van der Waals surface area contributed by atoms with Gasteiger partial charge in [-0.25, -0.2) is 0 Å². The minimum absolute atomic E-state index is 0.466. The molecule has 1 heterocycles. The third-order valence-corrected chi connectivity index (χ3v) is 3.79. The van der Waals surface area contributed by atoms with E-state index in [2.05, 4.69) is 31.2 Å². The van der Waals surface area contributed by atoms with E-state index in [1.807, 2.05) is 53.7 Å². The number of nitrogens with one attached hydrogen (secondary N) is 1. The maximum Gasteiger partial charge on any atom is 0.124 e. The zero-order chi connectivity index (χ0) is 20.1. The van der Waals surface area contributed by atoms with Crippen molar-refractivity contribution in [3.8, 4) is 0 Å². The molecular weight excluding hydrogens is 308 g/mol. The molecule has 3 nitrogen and oxygen atoms in total. The molecule has 2 rings (SSSR count). The SMILES string of the molecule is CC.CC.CC.CNC1CCC(C)(C)CC1.O=CCc1cccnc1. The summed E-state index contributed by atoms with van der Waals surface area (Å²) in [5.74, 6) is 0. The van der Waals surface area contributed by atoms with Crippen LogP contribution in [0, 0.1) is 5.41 Å². The molecule has 0 radical (unpaired) electrons. The van der Waals surface area contributed by atoms with Crippen LogP contribution in [-0.4, -0.2) is 24.4 Å². The summed E-state index contributed by atoms with van der Waals surface area (Å²) >= 11 is 0. The van der Waals surface area contributed by atoms with Crippen LogP contribution in [0.3, 0.4) is 0 Å². The van der Waals surface area contributed by atoms with Crippen molar-refractivity contribution in [1.29, 1.82) is 0 Å². The predicted octanol–water partition coefficient (Wildman–Crippen LogP) is 6.08. The number of aromatic nitrogens is 1. The lowest BCUT2D eigenvalue weighted by molar-refractivity contribution is -0.107. The highest BCUT2D eigenvalue weighted by atomic mass is 16.1. The molecule has 0 aromatic carbocycles. The van der Waals surface area contributed by atoms with E-state index >= 15 is 0 Å². The van der Waals surface area contributed by atoms with Gasteiger partial charge in [0.15, 0.2) is 0 Å². The quantitative estimate of drug-likeness (QED) is 0.671. The molecule has 1 aliphatic rings. The van der Waals surface area contributed by atoms with Gasteiger partial charge >= 0.3 is 0 Å². The number of carbonyl (C=O) groups is 1. The summed E-state index contributed by atoms with van der Waals surface area (Å²) in [6, 6.07) is 4.49. The Balaban J connectivity index is -0.000000299. The predicted molar refractivity (Wildman–Crippen MR) is 113 cm³/mol. The van der Waals surface area contributed by atoms with Crippen LogP contribution in [0.1, 0.15) is 86.6 Å². The van der Waals surface area contributed by atoms with Gasteiger partial charge in [0, 0.05) is 24.9 Å². The zero-order valence-electron chi connectivity index (χ0n) is 18.4. The van der Waals surface area contributed by atoms with Gasteiger partial charge in [-0.2, -0.15) is 0 Å². The summed E-state index contributed by atoms with van der Waals surface area (Å²) in [4.78, 5) is 13.8. The molecule has 0 aliphatic heterocycles. The molecule has 3 heteroatoms. The van der Waals surface area contributed by atoms with Gasteiger partial charge < -0.3 is 10.1 Å². The second-order valence-corrected chi connectivity index (χ2v) is 5.96. The second kappa shape index (κ2) is 20.8. The summed E-state index contributed by atoms with van der Waals surface area (Å²) in [6.07, 6.45) is 10.2. The van der Waals surface area contributed by atoms with Crippen LogP contribution >= 0.6 is 0 Å². The Bertz CT molecular complexity index is 354. The van der Waals surface area contributed by atoms with Crippen molar-refractivity contribution in [2.75, 3.05) is 7.05 Å². The van der Waals surface area contributed by atoms with Crippen LogP contribution in [0.4, 0.5) is 0 Å². The van der Waals surface area contributed by atoms with E-state index in [9.17, 15) is 4.79 Å². The molecular formula is C22H44N2O. The zero-order valence-corrected chi connectivity index (χ0v) is 18.4. The topological polar surface area (TPSA) is 42.0 Å². The summed E-state index contributed by atoms with van der Waals surface area (Å²) < 4.78 is 0.